The van der Waals surface area contributed by atoms with Gasteiger partial charge in [-0.1, -0.05) is 40.0 Å². The molecule has 0 heterocycles. The van der Waals surface area contributed by atoms with Crippen molar-refractivity contribution < 1.29 is 19.4 Å². The van der Waals surface area contributed by atoms with E-state index in [0.29, 0.717) is 27.8 Å². The highest BCUT2D eigenvalue weighted by atomic mass is 35.5. The summed E-state index contributed by atoms with van der Waals surface area (Å²) in [5, 5.41) is 13.0. The van der Waals surface area contributed by atoms with Crippen molar-refractivity contribution in [2.45, 2.75) is 6.92 Å². The number of oxime groups is 1. The SMILES string of the molecule is COc1c(Cl)cc(OCC=C(Cl)Cl)cc1/C(C)=N/OCCO. The summed E-state index contributed by atoms with van der Waals surface area (Å²) >= 11 is 17.2. The van der Waals surface area contributed by atoms with Crippen molar-refractivity contribution in [3.05, 3.63) is 33.3 Å². The molecule has 0 bridgehead atoms. The number of nitrogens with zero attached hydrogens (tertiary/aromatic N) is 1. The van der Waals surface area contributed by atoms with Crippen LogP contribution in [0.15, 0.2) is 27.9 Å². The van der Waals surface area contributed by atoms with Crippen LogP contribution in [0.3, 0.4) is 0 Å². The van der Waals surface area contributed by atoms with E-state index in [2.05, 4.69) is 5.16 Å². The summed E-state index contributed by atoms with van der Waals surface area (Å²) in [6, 6.07) is 3.32. The molecule has 22 heavy (non-hydrogen) atoms. The quantitative estimate of drug-likeness (QED) is 0.431. The lowest BCUT2D eigenvalue weighted by molar-refractivity contribution is 0.0986. The van der Waals surface area contributed by atoms with E-state index in [-0.39, 0.29) is 24.3 Å². The lowest BCUT2D eigenvalue weighted by atomic mass is 10.1. The van der Waals surface area contributed by atoms with Gasteiger partial charge in [-0.25, -0.2) is 0 Å². The predicted molar refractivity (Wildman–Crippen MR) is 88.5 cm³/mol. The zero-order valence-corrected chi connectivity index (χ0v) is 14.4. The third kappa shape index (κ3) is 5.93. The van der Waals surface area contributed by atoms with E-state index in [0.717, 1.165) is 0 Å². The van der Waals surface area contributed by atoms with E-state index in [1.807, 2.05) is 0 Å². The molecule has 0 unspecified atom stereocenters. The standard InChI is InChI=1S/C14H16Cl3NO4/c1-9(18-22-6-4-19)11-7-10(21-5-3-13(16)17)8-12(15)14(11)20-2/h3,7-8,19H,4-6H2,1-2H3/b18-9+. The first kappa shape index (κ1) is 18.9. The largest absolute Gasteiger partial charge is 0.494 e. The van der Waals surface area contributed by atoms with Crippen LogP contribution in [0.4, 0.5) is 0 Å². The van der Waals surface area contributed by atoms with Gasteiger partial charge in [-0.2, -0.15) is 0 Å². The van der Waals surface area contributed by atoms with Crippen LogP contribution in [-0.4, -0.2) is 37.7 Å². The molecule has 0 atom stereocenters. The molecule has 122 valence electrons. The van der Waals surface area contributed by atoms with Crippen molar-refractivity contribution >= 4 is 40.5 Å². The van der Waals surface area contributed by atoms with Gasteiger partial charge in [0.1, 0.15) is 29.2 Å². The summed E-state index contributed by atoms with van der Waals surface area (Å²) in [4.78, 5) is 4.94. The van der Waals surface area contributed by atoms with Gasteiger partial charge in [0.25, 0.3) is 0 Å². The molecule has 0 spiro atoms. The van der Waals surface area contributed by atoms with Crippen LogP contribution >= 0.6 is 34.8 Å². The van der Waals surface area contributed by atoms with Gasteiger partial charge >= 0.3 is 0 Å². The second-order valence-corrected chi connectivity index (χ2v) is 5.44. The number of methoxy groups -OCH3 is 1. The summed E-state index contributed by atoms with van der Waals surface area (Å²) in [6.45, 7) is 1.90. The topological polar surface area (TPSA) is 60.3 Å². The average Bonchev–Trinajstić information content (AvgIpc) is 2.46. The number of ether oxygens (including phenoxy) is 2. The summed E-state index contributed by atoms with van der Waals surface area (Å²) < 4.78 is 10.9. The van der Waals surface area contributed by atoms with Gasteiger partial charge in [-0.15, -0.1) is 0 Å². The maximum atomic E-state index is 8.69. The minimum atomic E-state index is -0.122. The van der Waals surface area contributed by atoms with E-state index >= 15 is 0 Å². The van der Waals surface area contributed by atoms with E-state index in [1.165, 1.54) is 13.2 Å². The Balaban J connectivity index is 3.04. The van der Waals surface area contributed by atoms with E-state index in [1.54, 1.807) is 19.1 Å². The maximum absolute atomic E-state index is 8.69. The molecule has 1 aromatic carbocycles. The van der Waals surface area contributed by atoms with E-state index < -0.39 is 0 Å². The molecule has 0 radical (unpaired) electrons. The molecule has 0 aliphatic carbocycles. The van der Waals surface area contributed by atoms with Crippen LogP contribution in [0.5, 0.6) is 11.5 Å². The number of aliphatic hydroxyl groups is 1. The van der Waals surface area contributed by atoms with Crippen LogP contribution in [-0.2, 0) is 4.84 Å². The first-order chi connectivity index (χ1) is 10.5. The van der Waals surface area contributed by atoms with Crippen molar-refractivity contribution in [3.63, 3.8) is 0 Å². The molecule has 0 amide bonds. The minimum Gasteiger partial charge on any atom is -0.494 e. The molecule has 5 nitrogen and oxygen atoms in total. The Morgan fingerprint density at radius 2 is 2.09 bits per heavy atom. The molecular weight excluding hydrogens is 353 g/mol. The molecule has 8 heteroatoms. The summed E-state index contributed by atoms with van der Waals surface area (Å²) in [5.41, 5.74) is 1.15. The molecule has 0 aliphatic rings. The molecule has 0 saturated heterocycles. The van der Waals surface area contributed by atoms with Crippen LogP contribution in [0.25, 0.3) is 0 Å². The molecular formula is C14H16Cl3NO4. The van der Waals surface area contributed by atoms with E-state index in [4.69, 9.17) is 54.2 Å². The zero-order valence-electron chi connectivity index (χ0n) is 12.1. The fraction of sp³-hybridized carbons (Fsp3) is 0.357. The zero-order chi connectivity index (χ0) is 16.5. The fourth-order valence-electron chi connectivity index (χ4n) is 1.56. The highest BCUT2D eigenvalue weighted by Gasteiger charge is 2.14. The number of benzene rings is 1. The Kier molecular flexibility index (Phi) is 8.42. The third-order valence-electron chi connectivity index (χ3n) is 2.48. The van der Waals surface area contributed by atoms with Crippen molar-refractivity contribution in [3.8, 4) is 11.5 Å². The van der Waals surface area contributed by atoms with Crippen LogP contribution in [0, 0.1) is 0 Å². The monoisotopic (exact) mass is 367 g/mol. The number of hydrogen-bond donors (Lipinski definition) is 1. The molecule has 0 saturated carbocycles. The highest BCUT2D eigenvalue weighted by Crippen LogP contribution is 2.34. The summed E-state index contributed by atoms with van der Waals surface area (Å²) in [7, 11) is 1.50. The molecule has 1 aromatic rings. The van der Waals surface area contributed by atoms with Gasteiger partial charge in [0.15, 0.2) is 0 Å². The molecule has 0 aliphatic heterocycles. The van der Waals surface area contributed by atoms with Gasteiger partial charge < -0.3 is 19.4 Å². The van der Waals surface area contributed by atoms with Crippen molar-refractivity contribution in [2.24, 2.45) is 5.16 Å². The number of halogens is 3. The van der Waals surface area contributed by atoms with E-state index in [9.17, 15) is 0 Å². The number of hydrogen-bond acceptors (Lipinski definition) is 5. The Hall–Kier alpha value is -1.14. The Morgan fingerprint density at radius 1 is 1.36 bits per heavy atom. The molecule has 1 rings (SSSR count). The highest BCUT2D eigenvalue weighted by molar-refractivity contribution is 6.55. The Morgan fingerprint density at radius 3 is 2.68 bits per heavy atom. The lowest BCUT2D eigenvalue weighted by Crippen LogP contribution is -2.04. The van der Waals surface area contributed by atoms with Crippen molar-refractivity contribution in [1.82, 2.24) is 0 Å². The van der Waals surface area contributed by atoms with Crippen LogP contribution in [0.2, 0.25) is 5.02 Å². The first-order valence-corrected chi connectivity index (χ1v) is 7.42. The maximum Gasteiger partial charge on any atom is 0.146 e. The van der Waals surface area contributed by atoms with Crippen molar-refractivity contribution in [2.75, 3.05) is 26.9 Å². The first-order valence-electron chi connectivity index (χ1n) is 6.28. The lowest BCUT2D eigenvalue weighted by Gasteiger charge is -2.13. The second kappa shape index (κ2) is 9.79. The Bertz CT molecular complexity index is 557. The van der Waals surface area contributed by atoms with Crippen molar-refractivity contribution in [1.29, 1.82) is 0 Å². The summed E-state index contributed by atoms with van der Waals surface area (Å²) in [6.07, 6.45) is 1.51. The van der Waals surface area contributed by atoms with Gasteiger partial charge in [-0.3, -0.25) is 0 Å². The van der Waals surface area contributed by atoms with Crippen LogP contribution < -0.4 is 9.47 Å². The van der Waals surface area contributed by atoms with Gasteiger partial charge in [0.05, 0.1) is 24.5 Å². The van der Waals surface area contributed by atoms with Gasteiger partial charge in [0, 0.05) is 11.6 Å². The predicted octanol–water partition coefficient (Wildman–Crippen LogP) is 3.78. The number of rotatable bonds is 8. The van der Waals surface area contributed by atoms with Gasteiger partial charge in [0.2, 0.25) is 0 Å². The molecule has 0 aromatic heterocycles. The smallest absolute Gasteiger partial charge is 0.146 e. The summed E-state index contributed by atoms with van der Waals surface area (Å²) in [5.74, 6) is 0.956. The number of aliphatic hydroxyl groups excluding tert-OH is 1. The van der Waals surface area contributed by atoms with Gasteiger partial charge in [-0.05, 0) is 19.1 Å². The minimum absolute atomic E-state index is 0.0998. The molecule has 1 N–H and O–H groups in total. The molecule has 0 fully saturated rings. The second-order valence-electron chi connectivity index (χ2n) is 4.02. The normalized spacial score (nSPS) is 11.1. The fourth-order valence-corrected chi connectivity index (χ4v) is 1.97. The Labute approximate surface area is 144 Å². The van der Waals surface area contributed by atoms with Crippen LogP contribution in [0.1, 0.15) is 12.5 Å². The average molecular weight is 369 g/mol. The third-order valence-corrected chi connectivity index (χ3v) is 3.07.